The van der Waals surface area contributed by atoms with Gasteiger partial charge in [-0.3, -0.25) is 9.59 Å². The van der Waals surface area contributed by atoms with Gasteiger partial charge in [0.05, 0.1) is 0 Å². The van der Waals surface area contributed by atoms with Crippen LogP contribution in [0, 0.1) is 28.1 Å². The summed E-state index contributed by atoms with van der Waals surface area (Å²) in [5, 5.41) is 0. The van der Waals surface area contributed by atoms with Crippen LogP contribution in [-0.2, 0) is 23.9 Å². The molecule has 4 aliphatic rings. The standard InChI is InChI=1S/C32H44O5/c1-19(24-13-12-21(3)29(35)37-24)10-9-11-20(2)28-23(34)18-26-31(7)17-15-27(36-22(4)33)30(5,6)25(31)14-16-32(26,28)8/h9-12,24-27H,13-18H2,1-8H3/b11-9+,19-10+,28-20+/t24-,25?,26+,27+,31+,32+/m1/s1. The SMILES string of the molecule is CC(=O)O[C@H]1CC[C@@]2(C)C(CC[C@]3(C)/C(=C(C)/C=C/C=C(\C)[C@H]4CC=C(C)C(=O)O4)C(=O)C[C@@H]23)C1(C)C. The quantitative estimate of drug-likeness (QED) is 0.236. The fourth-order valence-electron chi connectivity index (χ4n) is 8.42. The molecule has 0 radical (unpaired) electrons. The molecule has 3 saturated carbocycles. The van der Waals surface area contributed by atoms with Gasteiger partial charge < -0.3 is 9.47 Å². The van der Waals surface area contributed by atoms with Crippen LogP contribution in [-0.4, -0.2) is 29.9 Å². The van der Waals surface area contributed by atoms with Gasteiger partial charge >= 0.3 is 11.9 Å². The fraction of sp³-hybridized carbons (Fsp3) is 0.656. The fourth-order valence-corrected chi connectivity index (χ4v) is 8.42. The molecule has 0 saturated heterocycles. The number of hydrogen-bond acceptors (Lipinski definition) is 5. The second-order valence-electron chi connectivity index (χ2n) is 13.0. The van der Waals surface area contributed by atoms with Crippen molar-refractivity contribution in [2.75, 3.05) is 0 Å². The molecule has 1 aliphatic heterocycles. The molecule has 4 rings (SSSR count). The first-order valence-corrected chi connectivity index (χ1v) is 13.9. The van der Waals surface area contributed by atoms with Gasteiger partial charge in [0.25, 0.3) is 0 Å². The van der Waals surface area contributed by atoms with Crippen LogP contribution in [0.15, 0.2) is 46.6 Å². The summed E-state index contributed by atoms with van der Waals surface area (Å²) in [5.74, 6) is 0.509. The van der Waals surface area contributed by atoms with E-state index in [1.807, 2.05) is 31.2 Å². The molecule has 1 unspecified atom stereocenters. The Morgan fingerprint density at radius 1 is 1.05 bits per heavy atom. The van der Waals surface area contributed by atoms with Gasteiger partial charge in [-0.05, 0) is 74.9 Å². The van der Waals surface area contributed by atoms with Crippen LogP contribution in [0.2, 0.25) is 0 Å². The molecule has 0 spiro atoms. The minimum atomic E-state index is -0.254. The van der Waals surface area contributed by atoms with Crippen molar-refractivity contribution < 1.29 is 23.9 Å². The number of fused-ring (bicyclic) bond motifs is 3. The van der Waals surface area contributed by atoms with Crippen molar-refractivity contribution in [3.8, 4) is 0 Å². The normalized spacial score (nSPS) is 39.0. The average Bonchev–Trinajstić information content (AvgIpc) is 3.08. The van der Waals surface area contributed by atoms with Crippen molar-refractivity contribution in [1.82, 2.24) is 0 Å². The largest absolute Gasteiger partial charge is 0.462 e. The molecule has 0 bridgehead atoms. The molecule has 0 aromatic rings. The minimum Gasteiger partial charge on any atom is -0.462 e. The van der Waals surface area contributed by atoms with E-state index in [0.717, 1.165) is 42.4 Å². The predicted octanol–water partition coefficient (Wildman–Crippen LogP) is 6.83. The molecule has 202 valence electrons. The van der Waals surface area contributed by atoms with Crippen molar-refractivity contribution >= 4 is 17.7 Å². The summed E-state index contributed by atoms with van der Waals surface area (Å²) in [6.45, 7) is 16.5. The van der Waals surface area contributed by atoms with Gasteiger partial charge in [-0.15, -0.1) is 0 Å². The Balaban J connectivity index is 1.58. The van der Waals surface area contributed by atoms with Gasteiger partial charge in [-0.1, -0.05) is 52.0 Å². The summed E-state index contributed by atoms with van der Waals surface area (Å²) in [4.78, 5) is 37.2. The predicted molar refractivity (Wildman–Crippen MR) is 144 cm³/mol. The monoisotopic (exact) mass is 508 g/mol. The molecule has 3 aliphatic carbocycles. The summed E-state index contributed by atoms with van der Waals surface area (Å²) in [6, 6.07) is 0. The second-order valence-corrected chi connectivity index (χ2v) is 13.0. The van der Waals surface area contributed by atoms with Gasteiger partial charge in [-0.2, -0.15) is 0 Å². The van der Waals surface area contributed by atoms with Crippen LogP contribution in [0.25, 0.3) is 0 Å². The number of allylic oxidation sites excluding steroid dienone is 5. The highest BCUT2D eigenvalue weighted by Gasteiger charge is 2.65. The Labute approximate surface area is 222 Å². The third kappa shape index (κ3) is 4.68. The first-order chi connectivity index (χ1) is 17.2. The van der Waals surface area contributed by atoms with Crippen molar-refractivity contribution in [3.05, 3.63) is 46.6 Å². The van der Waals surface area contributed by atoms with E-state index in [2.05, 4.69) is 34.6 Å². The van der Waals surface area contributed by atoms with Crippen LogP contribution in [0.3, 0.4) is 0 Å². The Morgan fingerprint density at radius 2 is 1.76 bits per heavy atom. The molecule has 0 amide bonds. The van der Waals surface area contributed by atoms with E-state index in [9.17, 15) is 14.4 Å². The average molecular weight is 509 g/mol. The summed E-state index contributed by atoms with van der Waals surface area (Å²) in [7, 11) is 0. The molecule has 0 aromatic carbocycles. The Morgan fingerprint density at radius 3 is 2.41 bits per heavy atom. The van der Waals surface area contributed by atoms with Gasteiger partial charge in [0, 0.05) is 41.7 Å². The van der Waals surface area contributed by atoms with Crippen molar-refractivity contribution in [3.63, 3.8) is 0 Å². The molecule has 6 atom stereocenters. The summed E-state index contributed by atoms with van der Waals surface area (Å²) in [6.07, 6.45) is 12.8. The van der Waals surface area contributed by atoms with E-state index in [4.69, 9.17) is 9.47 Å². The van der Waals surface area contributed by atoms with E-state index in [1.54, 1.807) is 6.92 Å². The number of Topliss-reactive ketones (excluding diaryl/α,β-unsaturated/α-hetero) is 1. The lowest BCUT2D eigenvalue weighted by molar-refractivity contribution is -0.185. The Hall–Kier alpha value is -2.43. The molecule has 0 N–H and O–H groups in total. The van der Waals surface area contributed by atoms with Crippen molar-refractivity contribution in [1.29, 1.82) is 0 Å². The molecule has 3 fully saturated rings. The van der Waals surface area contributed by atoms with Crippen molar-refractivity contribution in [2.24, 2.45) is 28.1 Å². The molecule has 0 aromatic heterocycles. The zero-order valence-corrected chi connectivity index (χ0v) is 23.9. The number of esters is 2. The number of ketones is 1. The highest BCUT2D eigenvalue weighted by molar-refractivity contribution is 6.00. The lowest BCUT2D eigenvalue weighted by Crippen LogP contribution is -2.58. The number of rotatable bonds is 4. The van der Waals surface area contributed by atoms with Gasteiger partial charge in [-0.25, -0.2) is 4.79 Å². The third-order valence-electron chi connectivity index (χ3n) is 10.4. The maximum absolute atomic E-state index is 13.5. The number of ether oxygens (including phenoxy) is 2. The molecule has 1 heterocycles. The first-order valence-electron chi connectivity index (χ1n) is 13.9. The zero-order valence-electron chi connectivity index (χ0n) is 23.9. The maximum atomic E-state index is 13.5. The van der Waals surface area contributed by atoms with Gasteiger partial charge in [0.2, 0.25) is 0 Å². The molecule has 37 heavy (non-hydrogen) atoms. The van der Waals surface area contributed by atoms with E-state index in [-0.39, 0.29) is 52.1 Å². The van der Waals surface area contributed by atoms with Gasteiger partial charge in [0.1, 0.15) is 12.2 Å². The third-order valence-corrected chi connectivity index (χ3v) is 10.4. The van der Waals surface area contributed by atoms with Gasteiger partial charge in [0.15, 0.2) is 5.78 Å². The van der Waals surface area contributed by atoms with Crippen molar-refractivity contribution in [2.45, 2.75) is 106 Å². The summed E-state index contributed by atoms with van der Waals surface area (Å²) >= 11 is 0. The van der Waals surface area contributed by atoms with Crippen LogP contribution < -0.4 is 0 Å². The number of carbonyl (C=O) groups is 3. The topological polar surface area (TPSA) is 69.7 Å². The van der Waals surface area contributed by atoms with E-state index < -0.39 is 0 Å². The van der Waals surface area contributed by atoms with E-state index in [1.165, 1.54) is 6.92 Å². The maximum Gasteiger partial charge on any atom is 0.333 e. The highest BCUT2D eigenvalue weighted by atomic mass is 16.5. The van der Waals surface area contributed by atoms with Crippen LogP contribution in [0.4, 0.5) is 0 Å². The lowest BCUT2D eigenvalue weighted by Gasteiger charge is -2.62. The second kappa shape index (κ2) is 9.71. The van der Waals surface area contributed by atoms with E-state index >= 15 is 0 Å². The summed E-state index contributed by atoms with van der Waals surface area (Å²) in [5.41, 5.74) is 3.43. The molecule has 5 heteroatoms. The van der Waals surface area contributed by atoms with Crippen LogP contribution >= 0.6 is 0 Å². The lowest BCUT2D eigenvalue weighted by atomic mass is 9.43. The van der Waals surface area contributed by atoms with Crippen LogP contribution in [0.5, 0.6) is 0 Å². The highest BCUT2D eigenvalue weighted by Crippen LogP contribution is 2.69. The zero-order chi connectivity index (χ0) is 27.3. The molecule has 5 nitrogen and oxygen atoms in total. The Kier molecular flexibility index (Phi) is 7.24. The number of carbonyl (C=O) groups excluding carboxylic acids is 3. The first kappa shape index (κ1) is 27.6. The summed E-state index contributed by atoms with van der Waals surface area (Å²) < 4.78 is 11.3. The van der Waals surface area contributed by atoms with E-state index in [0.29, 0.717) is 24.3 Å². The Bertz CT molecular complexity index is 1120. The molecular formula is C32H44O5. The smallest absolute Gasteiger partial charge is 0.333 e. The number of cyclic esters (lactones) is 1. The van der Waals surface area contributed by atoms with Crippen LogP contribution in [0.1, 0.15) is 93.9 Å². The molecular weight excluding hydrogens is 464 g/mol. The number of hydrogen-bond donors (Lipinski definition) is 0. The minimum absolute atomic E-state index is 0.0293.